The molecule has 0 unspecified atom stereocenters. The Bertz CT molecular complexity index is 791. The molecule has 0 bridgehead atoms. The summed E-state index contributed by atoms with van der Waals surface area (Å²) in [5.41, 5.74) is 3.03. The van der Waals surface area contributed by atoms with Gasteiger partial charge in [-0.3, -0.25) is 4.79 Å². The van der Waals surface area contributed by atoms with Crippen LogP contribution in [0.3, 0.4) is 0 Å². The summed E-state index contributed by atoms with van der Waals surface area (Å²) in [6.07, 6.45) is 3.20. The summed E-state index contributed by atoms with van der Waals surface area (Å²) in [4.78, 5) is 25.0. The second kappa shape index (κ2) is 7.55. The lowest BCUT2D eigenvalue weighted by Gasteiger charge is -2.13. The van der Waals surface area contributed by atoms with E-state index >= 15 is 0 Å². The van der Waals surface area contributed by atoms with Crippen LogP contribution in [0, 0.1) is 0 Å². The molecule has 5 heteroatoms. The highest BCUT2D eigenvalue weighted by Crippen LogP contribution is 2.27. The Kier molecular flexibility index (Phi) is 5.22. The summed E-state index contributed by atoms with van der Waals surface area (Å²) < 4.78 is 12.3. The van der Waals surface area contributed by atoms with Gasteiger partial charge in [-0.05, 0) is 55.5 Å². The van der Waals surface area contributed by atoms with E-state index in [1.165, 1.54) is 0 Å². The molecule has 0 spiro atoms. The van der Waals surface area contributed by atoms with Crippen LogP contribution in [-0.4, -0.2) is 30.0 Å². The average molecular weight is 341 g/mol. The quantitative estimate of drug-likeness (QED) is 0.615. The van der Waals surface area contributed by atoms with Crippen LogP contribution in [0.25, 0.3) is 0 Å². The lowest BCUT2D eigenvalue weighted by atomic mass is 10.1. The highest BCUT2D eigenvalue weighted by molar-refractivity contribution is 5.99. The fourth-order valence-electron chi connectivity index (χ4n) is 3.34. The maximum atomic E-state index is 12.6. The number of ketones is 1. The Hall–Kier alpha value is -2.56. The Morgan fingerprint density at radius 1 is 1.20 bits per heavy atom. The molecule has 1 aliphatic rings. The number of aryl methyl sites for hydroxylation is 1. The van der Waals surface area contributed by atoms with Gasteiger partial charge in [-0.25, -0.2) is 4.79 Å². The zero-order valence-electron chi connectivity index (χ0n) is 14.7. The Morgan fingerprint density at radius 3 is 2.76 bits per heavy atom. The Morgan fingerprint density at radius 2 is 2.00 bits per heavy atom. The highest BCUT2D eigenvalue weighted by atomic mass is 16.5. The number of carbonyl (C=O) groups is 2. The number of fused-ring (bicyclic) bond motifs is 1. The lowest BCUT2D eigenvalue weighted by Crippen LogP contribution is -2.17. The van der Waals surface area contributed by atoms with Gasteiger partial charge in [0.2, 0.25) is 0 Å². The van der Waals surface area contributed by atoms with E-state index in [2.05, 4.69) is 0 Å². The molecule has 132 valence electrons. The molecule has 1 heterocycles. The predicted molar refractivity (Wildman–Crippen MR) is 94.4 cm³/mol. The van der Waals surface area contributed by atoms with E-state index in [1.54, 1.807) is 14.0 Å². The molecule has 1 aliphatic carbocycles. The zero-order chi connectivity index (χ0) is 17.8. The number of methoxy groups -OCH3 is 1. The van der Waals surface area contributed by atoms with Crippen LogP contribution in [0.4, 0.5) is 0 Å². The molecule has 2 aromatic rings. The van der Waals surface area contributed by atoms with E-state index in [9.17, 15) is 9.59 Å². The SMILES string of the molecule is CCOC(=O)c1cc2c(n1Cc1cccc(OC)c1)C(=O)CCCC2. The first-order valence-corrected chi connectivity index (χ1v) is 8.69. The fraction of sp³-hybridized carbons (Fsp3) is 0.400. The van der Waals surface area contributed by atoms with Crippen molar-refractivity contribution in [2.45, 2.75) is 39.2 Å². The van der Waals surface area contributed by atoms with Crippen molar-refractivity contribution in [1.82, 2.24) is 4.57 Å². The molecule has 0 atom stereocenters. The molecular weight excluding hydrogens is 318 g/mol. The van der Waals surface area contributed by atoms with Crippen molar-refractivity contribution in [2.75, 3.05) is 13.7 Å². The Labute approximate surface area is 147 Å². The summed E-state index contributed by atoms with van der Waals surface area (Å²) in [5.74, 6) is 0.469. The minimum Gasteiger partial charge on any atom is -0.497 e. The average Bonchev–Trinajstić information content (AvgIpc) is 2.86. The molecule has 1 aromatic heterocycles. The minimum atomic E-state index is -0.383. The topological polar surface area (TPSA) is 57.5 Å². The van der Waals surface area contributed by atoms with Crippen LogP contribution < -0.4 is 4.74 Å². The van der Waals surface area contributed by atoms with Gasteiger partial charge in [-0.2, -0.15) is 0 Å². The Balaban J connectivity index is 2.06. The molecule has 0 N–H and O–H groups in total. The predicted octanol–water partition coefficient (Wildman–Crippen LogP) is 3.63. The van der Waals surface area contributed by atoms with Gasteiger partial charge < -0.3 is 14.0 Å². The van der Waals surface area contributed by atoms with E-state index in [1.807, 2.05) is 34.9 Å². The van der Waals surface area contributed by atoms with Gasteiger partial charge >= 0.3 is 5.97 Å². The zero-order valence-corrected chi connectivity index (χ0v) is 14.7. The largest absolute Gasteiger partial charge is 0.497 e. The molecule has 5 nitrogen and oxygen atoms in total. The first kappa shape index (κ1) is 17.3. The first-order chi connectivity index (χ1) is 12.1. The van der Waals surface area contributed by atoms with Gasteiger partial charge in [0.25, 0.3) is 0 Å². The van der Waals surface area contributed by atoms with Crippen molar-refractivity contribution in [3.63, 3.8) is 0 Å². The number of ether oxygens (including phenoxy) is 2. The number of hydrogen-bond donors (Lipinski definition) is 0. The van der Waals surface area contributed by atoms with E-state index in [4.69, 9.17) is 9.47 Å². The van der Waals surface area contributed by atoms with E-state index in [0.717, 1.165) is 36.1 Å². The summed E-state index contributed by atoms with van der Waals surface area (Å²) in [6, 6.07) is 9.49. The number of benzene rings is 1. The summed E-state index contributed by atoms with van der Waals surface area (Å²) in [7, 11) is 1.62. The molecular formula is C20H23NO4. The lowest BCUT2D eigenvalue weighted by molar-refractivity contribution is 0.0514. The smallest absolute Gasteiger partial charge is 0.354 e. The van der Waals surface area contributed by atoms with E-state index in [-0.39, 0.29) is 11.8 Å². The number of esters is 1. The number of rotatable bonds is 5. The monoisotopic (exact) mass is 341 g/mol. The van der Waals surface area contributed by atoms with Crippen LogP contribution in [0.2, 0.25) is 0 Å². The maximum Gasteiger partial charge on any atom is 0.354 e. The highest BCUT2D eigenvalue weighted by Gasteiger charge is 2.26. The minimum absolute atomic E-state index is 0.103. The summed E-state index contributed by atoms with van der Waals surface area (Å²) >= 11 is 0. The van der Waals surface area contributed by atoms with Gasteiger partial charge in [-0.15, -0.1) is 0 Å². The molecule has 0 saturated carbocycles. The number of Topliss-reactive ketones (excluding diaryl/α,β-unsaturated/α-hetero) is 1. The molecule has 0 amide bonds. The van der Waals surface area contributed by atoms with Crippen LogP contribution >= 0.6 is 0 Å². The van der Waals surface area contributed by atoms with Crippen LogP contribution in [0.5, 0.6) is 5.75 Å². The van der Waals surface area contributed by atoms with E-state index in [0.29, 0.717) is 31.0 Å². The summed E-state index contributed by atoms with van der Waals surface area (Å²) in [6.45, 7) is 2.53. The second-order valence-corrected chi connectivity index (χ2v) is 6.19. The standard InChI is InChI=1S/C20H23NO4/c1-3-25-20(23)17-12-15-8-4-5-10-18(22)19(15)21(17)13-14-7-6-9-16(11-14)24-2/h6-7,9,11-12H,3-5,8,10,13H2,1-2H3. The van der Waals surface area contributed by atoms with Gasteiger partial charge in [-0.1, -0.05) is 12.1 Å². The van der Waals surface area contributed by atoms with Crippen LogP contribution in [0.1, 0.15) is 58.3 Å². The van der Waals surface area contributed by atoms with Crippen molar-refractivity contribution in [2.24, 2.45) is 0 Å². The third kappa shape index (κ3) is 3.60. The van der Waals surface area contributed by atoms with Crippen molar-refractivity contribution < 1.29 is 19.1 Å². The number of carbonyl (C=O) groups excluding carboxylic acids is 2. The number of aromatic nitrogens is 1. The molecule has 25 heavy (non-hydrogen) atoms. The third-order valence-electron chi connectivity index (χ3n) is 4.50. The van der Waals surface area contributed by atoms with Gasteiger partial charge in [0.15, 0.2) is 5.78 Å². The molecule has 1 aromatic carbocycles. The molecule has 3 rings (SSSR count). The molecule has 0 radical (unpaired) electrons. The van der Waals surface area contributed by atoms with Gasteiger partial charge in [0.05, 0.1) is 19.4 Å². The van der Waals surface area contributed by atoms with Crippen molar-refractivity contribution >= 4 is 11.8 Å². The maximum absolute atomic E-state index is 12.6. The number of nitrogens with zero attached hydrogens (tertiary/aromatic N) is 1. The van der Waals surface area contributed by atoms with Crippen molar-refractivity contribution in [3.05, 3.63) is 52.8 Å². The van der Waals surface area contributed by atoms with E-state index < -0.39 is 0 Å². The second-order valence-electron chi connectivity index (χ2n) is 6.19. The third-order valence-corrected chi connectivity index (χ3v) is 4.50. The first-order valence-electron chi connectivity index (χ1n) is 8.69. The van der Waals surface area contributed by atoms with Crippen LogP contribution in [0.15, 0.2) is 30.3 Å². The van der Waals surface area contributed by atoms with Crippen molar-refractivity contribution in [1.29, 1.82) is 0 Å². The van der Waals surface area contributed by atoms with Gasteiger partial charge in [0.1, 0.15) is 11.4 Å². The summed E-state index contributed by atoms with van der Waals surface area (Å²) in [5, 5.41) is 0. The molecule has 0 fully saturated rings. The molecule has 0 aliphatic heterocycles. The van der Waals surface area contributed by atoms with Crippen LogP contribution in [-0.2, 0) is 17.7 Å². The molecule has 0 saturated heterocycles. The van der Waals surface area contributed by atoms with Gasteiger partial charge in [0, 0.05) is 13.0 Å². The fourth-order valence-corrected chi connectivity index (χ4v) is 3.34. The normalized spacial score (nSPS) is 13.9. The van der Waals surface area contributed by atoms with Crippen molar-refractivity contribution in [3.8, 4) is 5.75 Å². The number of hydrogen-bond acceptors (Lipinski definition) is 4.